The molecule has 0 spiro atoms. The molecule has 2 nitrogen and oxygen atoms in total. The van der Waals surface area contributed by atoms with Crippen molar-refractivity contribution in [3.8, 4) is 0 Å². The van der Waals surface area contributed by atoms with Crippen molar-refractivity contribution in [1.82, 2.24) is 9.55 Å². The molecule has 0 saturated heterocycles. The Morgan fingerprint density at radius 1 is 1.42 bits per heavy atom. The minimum absolute atomic E-state index is 0.839. The SMILES string of the molecule is CCCCCCn1cc[nH]c1=S. The van der Waals surface area contributed by atoms with Crippen molar-refractivity contribution in [2.45, 2.75) is 39.2 Å². The Kier molecular flexibility index (Phi) is 4.08. The Morgan fingerprint density at radius 3 is 2.83 bits per heavy atom. The zero-order valence-electron chi connectivity index (χ0n) is 7.55. The molecule has 0 atom stereocenters. The Labute approximate surface area is 78.6 Å². The molecule has 1 heterocycles. The van der Waals surface area contributed by atoms with Crippen LogP contribution in [0.5, 0.6) is 0 Å². The fourth-order valence-electron chi connectivity index (χ4n) is 1.23. The van der Waals surface area contributed by atoms with Crippen molar-refractivity contribution in [2.75, 3.05) is 0 Å². The predicted octanol–water partition coefficient (Wildman–Crippen LogP) is 3.13. The molecule has 0 bridgehead atoms. The minimum Gasteiger partial charge on any atom is -0.337 e. The number of imidazole rings is 1. The highest BCUT2D eigenvalue weighted by atomic mass is 32.1. The topological polar surface area (TPSA) is 20.7 Å². The first-order valence-electron chi connectivity index (χ1n) is 4.58. The zero-order chi connectivity index (χ0) is 8.81. The molecule has 0 fully saturated rings. The van der Waals surface area contributed by atoms with E-state index < -0.39 is 0 Å². The lowest BCUT2D eigenvalue weighted by Gasteiger charge is -2.00. The van der Waals surface area contributed by atoms with Crippen LogP contribution in [0.1, 0.15) is 32.6 Å². The fraction of sp³-hybridized carbons (Fsp3) is 0.667. The van der Waals surface area contributed by atoms with Gasteiger partial charge in [-0.25, -0.2) is 0 Å². The van der Waals surface area contributed by atoms with Crippen molar-refractivity contribution >= 4 is 12.2 Å². The number of rotatable bonds is 5. The first-order valence-corrected chi connectivity index (χ1v) is 4.99. The molecule has 0 aromatic carbocycles. The summed E-state index contributed by atoms with van der Waals surface area (Å²) < 4.78 is 2.93. The molecule has 1 N–H and O–H groups in total. The molecule has 68 valence electrons. The van der Waals surface area contributed by atoms with Crippen molar-refractivity contribution in [3.63, 3.8) is 0 Å². The van der Waals surface area contributed by atoms with Gasteiger partial charge in [0.1, 0.15) is 0 Å². The van der Waals surface area contributed by atoms with Crippen molar-refractivity contribution < 1.29 is 0 Å². The van der Waals surface area contributed by atoms with Crippen LogP contribution in [0.15, 0.2) is 12.4 Å². The smallest absolute Gasteiger partial charge is 0.177 e. The summed E-state index contributed by atoms with van der Waals surface area (Å²) in [7, 11) is 0. The number of hydrogen-bond acceptors (Lipinski definition) is 1. The molecule has 0 unspecified atom stereocenters. The summed E-state index contributed by atoms with van der Waals surface area (Å²) in [6.07, 6.45) is 9.07. The van der Waals surface area contributed by atoms with E-state index in [1.165, 1.54) is 25.7 Å². The highest BCUT2D eigenvalue weighted by Crippen LogP contribution is 2.01. The van der Waals surface area contributed by atoms with Gasteiger partial charge >= 0.3 is 0 Å². The van der Waals surface area contributed by atoms with E-state index in [4.69, 9.17) is 12.2 Å². The van der Waals surface area contributed by atoms with Crippen LogP contribution in [0.2, 0.25) is 0 Å². The van der Waals surface area contributed by atoms with E-state index in [0.29, 0.717) is 0 Å². The summed E-state index contributed by atoms with van der Waals surface area (Å²) in [5.74, 6) is 0. The maximum absolute atomic E-state index is 5.07. The summed E-state index contributed by atoms with van der Waals surface area (Å²) in [5.41, 5.74) is 0. The summed E-state index contributed by atoms with van der Waals surface area (Å²) in [5, 5.41) is 0. The van der Waals surface area contributed by atoms with Gasteiger partial charge in [0.05, 0.1) is 0 Å². The average molecular weight is 184 g/mol. The van der Waals surface area contributed by atoms with Crippen molar-refractivity contribution in [2.24, 2.45) is 0 Å². The molecular weight excluding hydrogens is 168 g/mol. The quantitative estimate of drug-likeness (QED) is 0.551. The van der Waals surface area contributed by atoms with E-state index in [2.05, 4.69) is 16.5 Å². The Bertz CT molecular complexity index is 261. The molecular formula is C9H16N2S. The molecule has 0 saturated carbocycles. The Balaban J connectivity index is 2.24. The van der Waals surface area contributed by atoms with Crippen LogP contribution in [0.25, 0.3) is 0 Å². The largest absolute Gasteiger partial charge is 0.337 e. The van der Waals surface area contributed by atoms with E-state index in [0.717, 1.165) is 11.3 Å². The molecule has 3 heteroatoms. The molecule has 1 rings (SSSR count). The number of hydrogen-bond donors (Lipinski definition) is 1. The lowest BCUT2D eigenvalue weighted by atomic mass is 10.2. The normalized spacial score (nSPS) is 10.4. The van der Waals surface area contributed by atoms with Crippen LogP contribution in [0, 0.1) is 4.77 Å². The van der Waals surface area contributed by atoms with Crippen LogP contribution in [0.3, 0.4) is 0 Å². The second-order valence-electron chi connectivity index (χ2n) is 3.02. The number of aromatic amines is 1. The van der Waals surface area contributed by atoms with Crippen LogP contribution in [-0.4, -0.2) is 9.55 Å². The zero-order valence-corrected chi connectivity index (χ0v) is 8.36. The third-order valence-corrected chi connectivity index (χ3v) is 2.33. The lowest BCUT2D eigenvalue weighted by Crippen LogP contribution is -1.95. The summed E-state index contributed by atoms with van der Waals surface area (Å²) in [6, 6.07) is 0. The maximum atomic E-state index is 5.07. The number of nitrogens with one attached hydrogen (secondary N) is 1. The van der Waals surface area contributed by atoms with Gasteiger partial charge < -0.3 is 9.55 Å². The van der Waals surface area contributed by atoms with Gasteiger partial charge in [-0.3, -0.25) is 0 Å². The summed E-state index contributed by atoms with van der Waals surface area (Å²) in [4.78, 5) is 2.99. The second kappa shape index (κ2) is 5.14. The number of unbranched alkanes of at least 4 members (excludes halogenated alkanes) is 3. The molecule has 0 aliphatic carbocycles. The third kappa shape index (κ3) is 2.81. The molecule has 1 aromatic rings. The van der Waals surface area contributed by atoms with E-state index >= 15 is 0 Å². The number of aromatic nitrogens is 2. The van der Waals surface area contributed by atoms with Crippen LogP contribution >= 0.6 is 12.2 Å². The van der Waals surface area contributed by atoms with Gasteiger partial charge in [-0.15, -0.1) is 0 Å². The van der Waals surface area contributed by atoms with Gasteiger partial charge in [-0.05, 0) is 18.6 Å². The van der Waals surface area contributed by atoms with Gasteiger partial charge in [0.15, 0.2) is 4.77 Å². The average Bonchev–Trinajstić information content (AvgIpc) is 2.46. The first kappa shape index (κ1) is 9.52. The molecule has 0 aliphatic rings. The number of nitrogens with zero attached hydrogens (tertiary/aromatic N) is 1. The Morgan fingerprint density at radius 2 is 2.25 bits per heavy atom. The van der Waals surface area contributed by atoms with E-state index in [1.54, 1.807) is 0 Å². The summed E-state index contributed by atoms with van der Waals surface area (Å²) >= 11 is 5.07. The monoisotopic (exact) mass is 184 g/mol. The van der Waals surface area contributed by atoms with Gasteiger partial charge in [0.25, 0.3) is 0 Å². The van der Waals surface area contributed by atoms with Gasteiger partial charge in [-0.2, -0.15) is 0 Å². The molecule has 0 amide bonds. The molecule has 0 radical (unpaired) electrons. The van der Waals surface area contributed by atoms with Gasteiger partial charge in [0.2, 0.25) is 0 Å². The van der Waals surface area contributed by atoms with Crippen molar-refractivity contribution in [3.05, 3.63) is 17.2 Å². The van der Waals surface area contributed by atoms with Crippen molar-refractivity contribution in [1.29, 1.82) is 0 Å². The number of H-pyrrole nitrogens is 1. The minimum atomic E-state index is 0.839. The number of aryl methyl sites for hydroxylation is 1. The lowest BCUT2D eigenvalue weighted by molar-refractivity contribution is 0.578. The molecule has 12 heavy (non-hydrogen) atoms. The van der Waals surface area contributed by atoms with Crippen LogP contribution < -0.4 is 0 Å². The molecule has 0 aliphatic heterocycles. The standard InChI is InChI=1S/C9H16N2S/c1-2-3-4-5-7-11-8-6-10-9(11)12/h6,8H,2-5,7H2,1H3,(H,10,12). The third-order valence-electron chi connectivity index (χ3n) is 1.97. The van der Waals surface area contributed by atoms with Gasteiger partial charge in [0, 0.05) is 18.9 Å². The van der Waals surface area contributed by atoms with Crippen LogP contribution in [0.4, 0.5) is 0 Å². The van der Waals surface area contributed by atoms with Gasteiger partial charge in [-0.1, -0.05) is 26.2 Å². The maximum Gasteiger partial charge on any atom is 0.177 e. The van der Waals surface area contributed by atoms with Crippen LogP contribution in [-0.2, 0) is 6.54 Å². The van der Waals surface area contributed by atoms with E-state index in [-0.39, 0.29) is 0 Å². The van der Waals surface area contributed by atoms with E-state index in [9.17, 15) is 0 Å². The fourth-order valence-corrected chi connectivity index (χ4v) is 1.45. The second-order valence-corrected chi connectivity index (χ2v) is 3.41. The summed E-state index contributed by atoms with van der Waals surface area (Å²) in [6.45, 7) is 3.28. The predicted molar refractivity (Wildman–Crippen MR) is 53.8 cm³/mol. The first-order chi connectivity index (χ1) is 5.84. The molecule has 1 aromatic heterocycles. The highest BCUT2D eigenvalue weighted by molar-refractivity contribution is 7.71. The van der Waals surface area contributed by atoms with E-state index in [1.807, 2.05) is 12.4 Å². The Hall–Kier alpha value is -0.570. The highest BCUT2D eigenvalue weighted by Gasteiger charge is 1.91.